The minimum absolute atomic E-state index is 0.281. The van der Waals surface area contributed by atoms with Gasteiger partial charge >= 0.3 is 0 Å². The molecule has 0 radical (unpaired) electrons. The molecule has 0 atom stereocenters. The van der Waals surface area contributed by atoms with Gasteiger partial charge in [0.15, 0.2) is 26.5 Å². The van der Waals surface area contributed by atoms with Crippen LogP contribution in [-0.4, -0.2) is 46.0 Å². The molecule has 2 heterocycles. The van der Waals surface area contributed by atoms with E-state index in [1.54, 1.807) is 29.5 Å². The first-order chi connectivity index (χ1) is 15.8. The van der Waals surface area contributed by atoms with Crippen molar-refractivity contribution >= 4 is 26.3 Å². The van der Waals surface area contributed by atoms with Gasteiger partial charge < -0.3 is 14.4 Å². The second kappa shape index (κ2) is 9.73. The first-order valence-electron chi connectivity index (χ1n) is 11.0. The summed E-state index contributed by atoms with van der Waals surface area (Å²) >= 11 is 1.63. The molecule has 1 saturated heterocycles. The van der Waals surface area contributed by atoms with Crippen molar-refractivity contribution < 1.29 is 17.9 Å². The van der Waals surface area contributed by atoms with E-state index in [1.807, 2.05) is 0 Å². The fourth-order valence-corrected chi connectivity index (χ4v) is 6.89. The zero-order chi connectivity index (χ0) is 23.6. The molecule has 4 rings (SSSR count). The molecule has 8 heteroatoms. The highest BCUT2D eigenvalue weighted by Crippen LogP contribution is 2.34. The van der Waals surface area contributed by atoms with E-state index in [0.717, 1.165) is 17.2 Å². The molecule has 3 aromatic rings. The van der Waals surface area contributed by atoms with Crippen molar-refractivity contribution in [3.05, 3.63) is 64.2 Å². The molecule has 6 nitrogen and oxygen atoms in total. The summed E-state index contributed by atoms with van der Waals surface area (Å²) in [5, 5.41) is 2.67. The van der Waals surface area contributed by atoms with Crippen LogP contribution in [0.2, 0.25) is 0 Å². The van der Waals surface area contributed by atoms with Crippen LogP contribution in [0.15, 0.2) is 46.7 Å². The van der Waals surface area contributed by atoms with Crippen LogP contribution >= 0.6 is 11.3 Å². The number of anilines is 1. The van der Waals surface area contributed by atoms with E-state index in [-0.39, 0.29) is 4.90 Å². The summed E-state index contributed by atoms with van der Waals surface area (Å²) < 4.78 is 37.0. The smallest absolute Gasteiger partial charge is 0.185 e. The number of sulfone groups is 1. The molecule has 1 aromatic heterocycles. The van der Waals surface area contributed by atoms with Crippen molar-refractivity contribution in [3.8, 4) is 11.5 Å². The second-order valence-corrected chi connectivity index (χ2v) is 11.5. The SMILES string of the molecule is COc1ccc(S(=O)(=O)C2CCN(c3nc(Cc4cccc(C)c4C)cs3)CC2)cc1OC. The number of benzene rings is 2. The number of rotatable bonds is 7. The fraction of sp³-hybridized carbons (Fsp3) is 0.400. The topological polar surface area (TPSA) is 68.7 Å². The Labute approximate surface area is 200 Å². The Morgan fingerprint density at radius 1 is 1.06 bits per heavy atom. The number of aryl methyl sites for hydroxylation is 1. The van der Waals surface area contributed by atoms with Gasteiger partial charge in [-0.2, -0.15) is 0 Å². The maximum atomic E-state index is 13.2. The van der Waals surface area contributed by atoms with Gasteiger partial charge in [-0.3, -0.25) is 0 Å². The first kappa shape index (κ1) is 23.6. The second-order valence-electron chi connectivity index (χ2n) is 8.41. The third-order valence-corrected chi connectivity index (χ3v) is 9.67. The van der Waals surface area contributed by atoms with Crippen LogP contribution in [0.25, 0.3) is 0 Å². The average molecular weight is 487 g/mol. The normalized spacial score (nSPS) is 15.0. The third-order valence-electron chi connectivity index (χ3n) is 6.46. The van der Waals surface area contributed by atoms with E-state index >= 15 is 0 Å². The molecule has 2 aromatic carbocycles. The van der Waals surface area contributed by atoms with Gasteiger partial charge in [-0.15, -0.1) is 11.3 Å². The zero-order valence-electron chi connectivity index (χ0n) is 19.5. The van der Waals surface area contributed by atoms with Crippen molar-refractivity contribution in [2.24, 2.45) is 0 Å². The van der Waals surface area contributed by atoms with E-state index in [4.69, 9.17) is 14.5 Å². The van der Waals surface area contributed by atoms with Gasteiger partial charge in [0, 0.05) is 31.0 Å². The number of aromatic nitrogens is 1. The fourth-order valence-electron chi connectivity index (χ4n) is 4.26. The highest BCUT2D eigenvalue weighted by atomic mass is 32.2. The lowest BCUT2D eigenvalue weighted by molar-refractivity contribution is 0.354. The molecule has 0 N–H and O–H groups in total. The molecule has 0 amide bonds. The summed E-state index contributed by atoms with van der Waals surface area (Å²) in [4.78, 5) is 7.34. The molecule has 1 fully saturated rings. The van der Waals surface area contributed by atoms with Crippen LogP contribution < -0.4 is 14.4 Å². The summed E-state index contributed by atoms with van der Waals surface area (Å²) in [5.74, 6) is 0.946. The van der Waals surface area contributed by atoms with Crippen LogP contribution in [0.5, 0.6) is 11.5 Å². The van der Waals surface area contributed by atoms with Crippen molar-refractivity contribution in [1.29, 1.82) is 0 Å². The van der Waals surface area contributed by atoms with Crippen molar-refractivity contribution in [3.63, 3.8) is 0 Å². The number of thiazole rings is 1. The molecule has 0 aliphatic carbocycles. The van der Waals surface area contributed by atoms with E-state index in [1.165, 1.54) is 30.9 Å². The van der Waals surface area contributed by atoms with Gasteiger partial charge in [-0.05, 0) is 55.5 Å². The molecule has 0 saturated carbocycles. The van der Waals surface area contributed by atoms with Crippen LogP contribution in [0.3, 0.4) is 0 Å². The third kappa shape index (κ3) is 4.87. The molecule has 1 aliphatic heterocycles. The van der Waals surface area contributed by atoms with Crippen LogP contribution in [0.1, 0.15) is 35.2 Å². The number of methoxy groups -OCH3 is 2. The Bertz CT molecular complexity index is 1230. The quantitative estimate of drug-likeness (QED) is 0.477. The van der Waals surface area contributed by atoms with Gasteiger partial charge in [-0.1, -0.05) is 18.2 Å². The predicted molar refractivity (Wildman–Crippen MR) is 133 cm³/mol. The number of ether oxygens (including phenoxy) is 2. The molecule has 33 heavy (non-hydrogen) atoms. The minimum atomic E-state index is -3.45. The summed E-state index contributed by atoms with van der Waals surface area (Å²) in [7, 11) is -0.404. The molecular formula is C25H30N2O4S2. The van der Waals surface area contributed by atoms with Crippen molar-refractivity contribution in [2.45, 2.75) is 43.3 Å². The molecule has 1 aliphatic rings. The Morgan fingerprint density at radius 3 is 2.48 bits per heavy atom. The van der Waals surface area contributed by atoms with Crippen LogP contribution in [0.4, 0.5) is 5.13 Å². The lowest BCUT2D eigenvalue weighted by atomic mass is 10.0. The van der Waals surface area contributed by atoms with Gasteiger partial charge in [0.05, 0.1) is 30.1 Å². The van der Waals surface area contributed by atoms with Gasteiger partial charge in [-0.25, -0.2) is 13.4 Å². The van der Waals surface area contributed by atoms with E-state index in [2.05, 4.69) is 42.3 Å². The van der Waals surface area contributed by atoms with Gasteiger partial charge in [0.25, 0.3) is 0 Å². The number of hydrogen-bond acceptors (Lipinski definition) is 7. The first-order valence-corrected chi connectivity index (χ1v) is 13.5. The zero-order valence-corrected chi connectivity index (χ0v) is 21.1. The number of piperidine rings is 1. The average Bonchev–Trinajstić information content (AvgIpc) is 3.30. The Morgan fingerprint density at radius 2 is 1.79 bits per heavy atom. The van der Waals surface area contributed by atoms with Gasteiger partial charge in [0.1, 0.15) is 0 Å². The van der Waals surface area contributed by atoms with E-state index < -0.39 is 15.1 Å². The monoisotopic (exact) mass is 486 g/mol. The largest absolute Gasteiger partial charge is 0.493 e. The standard InChI is InChI=1S/C25H30N2O4S2/c1-17-6-5-7-19(18(17)2)14-20-16-32-25(26-20)27-12-10-21(11-13-27)33(28,29)22-8-9-23(30-3)24(15-22)31-4/h5-9,15-16,21H,10-14H2,1-4H3. The molecule has 176 valence electrons. The van der Waals surface area contributed by atoms with E-state index in [0.29, 0.717) is 37.4 Å². The van der Waals surface area contributed by atoms with Crippen molar-refractivity contribution in [2.75, 3.05) is 32.2 Å². The Balaban J connectivity index is 1.42. The molecule has 0 spiro atoms. The summed E-state index contributed by atoms with van der Waals surface area (Å²) in [5.41, 5.74) is 4.96. The van der Waals surface area contributed by atoms with Crippen LogP contribution in [-0.2, 0) is 16.3 Å². The van der Waals surface area contributed by atoms with Crippen LogP contribution in [0, 0.1) is 13.8 Å². The highest BCUT2D eigenvalue weighted by molar-refractivity contribution is 7.92. The lowest BCUT2D eigenvalue weighted by Gasteiger charge is -2.31. The Kier molecular flexibility index (Phi) is 6.95. The minimum Gasteiger partial charge on any atom is -0.493 e. The number of hydrogen-bond donors (Lipinski definition) is 0. The highest BCUT2D eigenvalue weighted by Gasteiger charge is 2.32. The summed E-state index contributed by atoms with van der Waals surface area (Å²) in [6, 6.07) is 11.2. The molecule has 0 bridgehead atoms. The predicted octanol–water partition coefficient (Wildman–Crippen LogP) is 4.81. The number of nitrogens with zero attached hydrogens (tertiary/aromatic N) is 2. The summed E-state index contributed by atoms with van der Waals surface area (Å²) in [6.07, 6.45) is 1.96. The van der Waals surface area contributed by atoms with Gasteiger partial charge in [0.2, 0.25) is 0 Å². The maximum Gasteiger partial charge on any atom is 0.185 e. The summed E-state index contributed by atoms with van der Waals surface area (Å²) in [6.45, 7) is 5.63. The lowest BCUT2D eigenvalue weighted by Crippen LogP contribution is -2.39. The van der Waals surface area contributed by atoms with Crippen molar-refractivity contribution in [1.82, 2.24) is 4.98 Å². The van der Waals surface area contributed by atoms with E-state index in [9.17, 15) is 8.42 Å². The molecular weight excluding hydrogens is 456 g/mol. The molecule has 0 unspecified atom stereocenters. The Hall–Kier alpha value is -2.58. The maximum absolute atomic E-state index is 13.2.